The Labute approximate surface area is 219 Å². The van der Waals surface area contributed by atoms with Crippen LogP contribution in [0.3, 0.4) is 0 Å². The molecule has 188 valence electrons. The zero-order valence-electron chi connectivity index (χ0n) is 20.5. The van der Waals surface area contributed by atoms with Crippen molar-refractivity contribution in [3.8, 4) is 0 Å². The number of para-hydroxylation sites is 1. The molecule has 7 nitrogen and oxygen atoms in total. The van der Waals surface area contributed by atoms with Gasteiger partial charge in [0, 0.05) is 40.9 Å². The number of nitrogens with zero attached hydrogens (tertiary/aromatic N) is 2. The minimum absolute atomic E-state index is 0.0128. The highest BCUT2D eigenvalue weighted by atomic mass is 16.6. The number of carbonyl (C=O) groups is 2. The summed E-state index contributed by atoms with van der Waals surface area (Å²) in [6.07, 6.45) is 1.70. The highest BCUT2D eigenvalue weighted by Crippen LogP contribution is 2.61. The number of hydrogen-bond acceptors (Lipinski definition) is 5. The Morgan fingerprint density at radius 3 is 2.58 bits per heavy atom. The molecule has 4 aromatic carbocycles. The van der Waals surface area contributed by atoms with Crippen LogP contribution in [0.1, 0.15) is 40.2 Å². The lowest BCUT2D eigenvalue weighted by molar-refractivity contribution is -0.384. The maximum Gasteiger partial charge on any atom is 0.269 e. The topological polar surface area (TPSA) is 92.5 Å². The number of nitrogens with one attached hydrogen (secondary N) is 1. The third-order valence-electron chi connectivity index (χ3n) is 8.69. The largest absolute Gasteiger partial charge is 0.324 e. The van der Waals surface area contributed by atoms with Crippen LogP contribution in [0.15, 0.2) is 91.0 Å². The molecule has 1 N–H and O–H groups in total. The fourth-order valence-corrected chi connectivity index (χ4v) is 7.26. The molecule has 2 fully saturated rings. The van der Waals surface area contributed by atoms with Gasteiger partial charge in [-0.25, -0.2) is 0 Å². The van der Waals surface area contributed by atoms with Crippen molar-refractivity contribution in [2.24, 2.45) is 5.92 Å². The van der Waals surface area contributed by atoms with Crippen molar-refractivity contribution in [2.45, 2.75) is 30.3 Å². The maximum absolute atomic E-state index is 14.7. The van der Waals surface area contributed by atoms with E-state index in [9.17, 15) is 19.7 Å². The molecule has 7 heteroatoms. The number of benzene rings is 4. The van der Waals surface area contributed by atoms with Crippen LogP contribution in [0.5, 0.6) is 0 Å². The molecular formula is C31H25N3O4. The van der Waals surface area contributed by atoms with Crippen molar-refractivity contribution in [2.75, 3.05) is 11.9 Å². The number of anilines is 1. The van der Waals surface area contributed by atoms with Crippen molar-refractivity contribution >= 4 is 33.8 Å². The van der Waals surface area contributed by atoms with Gasteiger partial charge in [-0.1, -0.05) is 66.7 Å². The standard InChI is InChI=1S/C31H25N3O4/c35-29(22-15-14-19-7-1-2-8-20(19)17-22)28-27(21-9-5-10-23(18-21)34(37)38)26-13-6-16-33(26)31(28)24-11-3-4-12-25(24)32-30(31)36/h1-5,7-12,14-15,17-18,26-28H,6,13,16H2,(H,32,36)/t26?,27?,28?,31-/m1/s1. The number of ketones is 1. The molecule has 3 aliphatic rings. The number of Topliss-reactive ketones (excluding diaryl/α,β-unsaturated/α-hetero) is 1. The summed E-state index contributed by atoms with van der Waals surface area (Å²) < 4.78 is 0. The Hall–Kier alpha value is -4.36. The van der Waals surface area contributed by atoms with Crippen molar-refractivity contribution < 1.29 is 14.5 Å². The minimum atomic E-state index is -1.18. The maximum atomic E-state index is 14.7. The third kappa shape index (κ3) is 3.05. The zero-order chi connectivity index (χ0) is 26.0. The third-order valence-corrected chi connectivity index (χ3v) is 8.69. The van der Waals surface area contributed by atoms with E-state index in [0.717, 1.165) is 40.4 Å². The van der Waals surface area contributed by atoms with Crippen LogP contribution in [-0.4, -0.2) is 34.1 Å². The first-order chi connectivity index (χ1) is 18.5. The summed E-state index contributed by atoms with van der Waals surface area (Å²) in [5.74, 6) is -1.45. The second kappa shape index (κ2) is 8.33. The Bertz CT molecular complexity index is 1650. The number of carbonyl (C=O) groups excluding carboxylic acids is 2. The van der Waals surface area contributed by atoms with Gasteiger partial charge in [-0.3, -0.25) is 24.6 Å². The van der Waals surface area contributed by atoms with Crippen LogP contribution in [0.2, 0.25) is 0 Å². The van der Waals surface area contributed by atoms with Crippen LogP contribution in [0.25, 0.3) is 10.8 Å². The Morgan fingerprint density at radius 2 is 1.74 bits per heavy atom. The molecule has 1 spiro atoms. The molecule has 0 radical (unpaired) electrons. The first-order valence-corrected chi connectivity index (χ1v) is 13.0. The van der Waals surface area contributed by atoms with E-state index in [1.807, 2.05) is 72.8 Å². The summed E-state index contributed by atoms with van der Waals surface area (Å²) in [6, 6.07) is 27.7. The molecule has 3 aliphatic heterocycles. The number of nitro groups is 1. The van der Waals surface area contributed by atoms with Crippen LogP contribution in [0.4, 0.5) is 11.4 Å². The molecule has 38 heavy (non-hydrogen) atoms. The molecule has 0 aliphatic carbocycles. The lowest BCUT2D eigenvalue weighted by Crippen LogP contribution is -2.52. The smallest absolute Gasteiger partial charge is 0.269 e. The second-order valence-electron chi connectivity index (χ2n) is 10.5. The van der Waals surface area contributed by atoms with Crippen LogP contribution >= 0.6 is 0 Å². The average molecular weight is 504 g/mol. The predicted octanol–water partition coefficient (Wildman–Crippen LogP) is 5.66. The Kier molecular flexibility index (Phi) is 5.00. The molecule has 4 atom stereocenters. The van der Waals surface area contributed by atoms with E-state index in [4.69, 9.17) is 0 Å². The molecule has 0 aromatic heterocycles. The van der Waals surface area contributed by atoms with E-state index < -0.39 is 16.4 Å². The van der Waals surface area contributed by atoms with Gasteiger partial charge in [-0.05, 0) is 47.9 Å². The molecule has 1 amide bonds. The number of non-ortho nitro benzene ring substituents is 1. The van der Waals surface area contributed by atoms with Gasteiger partial charge in [0.2, 0.25) is 5.91 Å². The summed E-state index contributed by atoms with van der Waals surface area (Å²) in [4.78, 5) is 42.3. The number of fused-ring (bicyclic) bond motifs is 5. The van der Waals surface area contributed by atoms with Gasteiger partial charge in [-0.2, -0.15) is 0 Å². The second-order valence-corrected chi connectivity index (χ2v) is 10.5. The van der Waals surface area contributed by atoms with E-state index in [1.165, 1.54) is 6.07 Å². The van der Waals surface area contributed by atoms with Gasteiger partial charge in [-0.15, -0.1) is 0 Å². The highest BCUT2D eigenvalue weighted by Gasteiger charge is 2.69. The van der Waals surface area contributed by atoms with Crippen LogP contribution in [0, 0.1) is 16.0 Å². The monoisotopic (exact) mass is 503 g/mol. The van der Waals surface area contributed by atoms with Gasteiger partial charge in [0.25, 0.3) is 5.69 Å². The van der Waals surface area contributed by atoms with E-state index in [0.29, 0.717) is 12.1 Å². The Morgan fingerprint density at radius 1 is 0.947 bits per heavy atom. The molecule has 0 saturated carbocycles. The van der Waals surface area contributed by atoms with Crippen molar-refractivity contribution in [3.05, 3.63) is 118 Å². The highest BCUT2D eigenvalue weighted by molar-refractivity contribution is 6.13. The summed E-state index contributed by atoms with van der Waals surface area (Å²) in [5.41, 5.74) is 1.60. The normalized spacial score (nSPS) is 25.9. The molecule has 7 rings (SSSR count). The summed E-state index contributed by atoms with van der Waals surface area (Å²) in [6.45, 7) is 0.680. The van der Waals surface area contributed by atoms with Gasteiger partial charge < -0.3 is 5.32 Å². The van der Waals surface area contributed by atoms with Crippen LogP contribution in [-0.2, 0) is 10.3 Å². The van der Waals surface area contributed by atoms with Crippen molar-refractivity contribution in [3.63, 3.8) is 0 Å². The summed E-state index contributed by atoms with van der Waals surface area (Å²) >= 11 is 0. The molecule has 2 saturated heterocycles. The van der Waals surface area contributed by atoms with Crippen LogP contribution < -0.4 is 5.32 Å². The SMILES string of the molecule is O=C(c1ccc2ccccc2c1)C1C(c2cccc([N+](=O)[O-])c2)C2CCCN2[C@@]12C(=O)Nc1ccccc12. The zero-order valence-corrected chi connectivity index (χ0v) is 20.5. The van der Waals surface area contributed by atoms with Gasteiger partial charge >= 0.3 is 0 Å². The fourth-order valence-electron chi connectivity index (χ4n) is 7.26. The molecule has 0 bridgehead atoms. The number of nitro benzene ring substituents is 1. The molecular weight excluding hydrogens is 478 g/mol. The van der Waals surface area contributed by atoms with E-state index in [2.05, 4.69) is 10.2 Å². The van der Waals surface area contributed by atoms with E-state index in [1.54, 1.807) is 12.1 Å². The van der Waals surface area contributed by atoms with Gasteiger partial charge in [0.05, 0.1) is 10.8 Å². The van der Waals surface area contributed by atoms with Crippen molar-refractivity contribution in [1.82, 2.24) is 4.90 Å². The molecule has 4 aromatic rings. The molecule has 3 heterocycles. The van der Waals surface area contributed by atoms with Crippen molar-refractivity contribution in [1.29, 1.82) is 0 Å². The Balaban J connectivity index is 1.48. The summed E-state index contributed by atoms with van der Waals surface area (Å²) in [7, 11) is 0. The lowest BCUT2D eigenvalue weighted by Gasteiger charge is -2.37. The minimum Gasteiger partial charge on any atom is -0.324 e. The molecule has 3 unspecified atom stereocenters. The predicted molar refractivity (Wildman–Crippen MR) is 144 cm³/mol. The average Bonchev–Trinajstić information content (AvgIpc) is 3.61. The number of rotatable bonds is 4. The lowest BCUT2D eigenvalue weighted by atomic mass is 9.68. The quantitative estimate of drug-likeness (QED) is 0.221. The van der Waals surface area contributed by atoms with Gasteiger partial charge in [0.1, 0.15) is 5.54 Å². The number of hydrogen-bond donors (Lipinski definition) is 1. The van der Waals surface area contributed by atoms with E-state index in [-0.39, 0.29) is 29.3 Å². The number of amides is 1. The summed E-state index contributed by atoms with van der Waals surface area (Å²) in [5, 5.41) is 16.7. The van der Waals surface area contributed by atoms with E-state index >= 15 is 0 Å². The first kappa shape index (κ1) is 22.8. The van der Waals surface area contributed by atoms with Gasteiger partial charge in [0.15, 0.2) is 5.78 Å². The fraction of sp³-hybridized carbons (Fsp3) is 0.226. The first-order valence-electron chi connectivity index (χ1n) is 13.0.